The van der Waals surface area contributed by atoms with Gasteiger partial charge >= 0.3 is 58.4 Å². The summed E-state index contributed by atoms with van der Waals surface area (Å²) in [6.45, 7) is -5.46. The molecule has 1 aromatic carbocycles. The van der Waals surface area contributed by atoms with Crippen LogP contribution in [-0.2, 0) is 10.0 Å². The molecule has 3 nitrogen and oxygen atoms in total. The molecule has 84 valence electrons. The molecule has 1 rings (SSSR count). The van der Waals surface area contributed by atoms with Gasteiger partial charge in [0.2, 0.25) is 10.0 Å². The van der Waals surface area contributed by atoms with Crippen LogP contribution in [-0.4, -0.2) is 15.4 Å². The first-order chi connectivity index (χ1) is 6.60. The fourth-order valence-corrected chi connectivity index (χ4v) is 1.51. The predicted molar refractivity (Wildman–Crippen MR) is 46.5 cm³/mol. The van der Waals surface area contributed by atoms with Gasteiger partial charge in [0.1, 0.15) is 5.82 Å². The van der Waals surface area contributed by atoms with Crippen molar-refractivity contribution in [2.75, 3.05) is 0 Å². The Bertz CT molecular complexity index is 490. The van der Waals surface area contributed by atoms with E-state index in [0.29, 0.717) is 12.1 Å². The van der Waals surface area contributed by atoms with Crippen LogP contribution in [0, 0.1) is 5.82 Å². The Morgan fingerprint density at radius 2 is 1.62 bits per heavy atom. The van der Waals surface area contributed by atoms with Gasteiger partial charge < -0.3 is 12.9 Å². The Hall–Kier alpha value is 0.551. The number of sulfonamides is 1. The van der Waals surface area contributed by atoms with Crippen LogP contribution in [0.5, 0.6) is 0 Å². The first-order valence-electron chi connectivity index (χ1n) is 3.64. The zero-order chi connectivity index (χ0) is 11.9. The fourth-order valence-electron chi connectivity index (χ4n) is 0.938. The molecule has 0 saturated heterocycles. The number of primary sulfonamides is 1. The summed E-state index contributed by atoms with van der Waals surface area (Å²) >= 11 is 0. The Balaban J connectivity index is 0.00000225. The van der Waals surface area contributed by atoms with Crippen molar-refractivity contribution in [1.82, 2.24) is 0 Å². The molecule has 0 atom stereocenters. The smallest absolute Gasteiger partial charge is 0.445 e. The van der Waals surface area contributed by atoms with Gasteiger partial charge in [0.05, 0.1) is 4.90 Å². The van der Waals surface area contributed by atoms with Gasteiger partial charge in [-0.1, -0.05) is 12.1 Å². The van der Waals surface area contributed by atoms with Gasteiger partial charge in [0.25, 0.3) is 0 Å². The maximum absolute atomic E-state index is 12.7. The average Bonchev–Trinajstić information content (AvgIpc) is 1.99. The predicted octanol–water partition coefficient (Wildman–Crippen LogP) is -2.47. The second-order valence-corrected chi connectivity index (χ2v) is 4.40. The molecule has 0 bridgehead atoms. The molecule has 0 aliphatic rings. The van der Waals surface area contributed by atoms with E-state index < -0.39 is 33.2 Å². The van der Waals surface area contributed by atoms with Crippen LogP contribution in [0.2, 0.25) is 0 Å². The summed E-state index contributed by atoms with van der Waals surface area (Å²) in [6.07, 6.45) is 0. The molecule has 0 fully saturated rings. The number of hydrogen-bond donors (Lipinski definition) is 1. The summed E-state index contributed by atoms with van der Waals surface area (Å²) in [5.41, 5.74) is -1.33. The third-order valence-corrected chi connectivity index (χ3v) is 2.49. The van der Waals surface area contributed by atoms with Crippen LogP contribution in [0.15, 0.2) is 23.1 Å². The van der Waals surface area contributed by atoms with E-state index in [2.05, 4.69) is 5.14 Å². The van der Waals surface area contributed by atoms with Crippen molar-refractivity contribution in [2.45, 2.75) is 4.90 Å². The van der Waals surface area contributed by atoms with Crippen molar-refractivity contribution < 1.29 is 77.1 Å². The zero-order valence-corrected chi connectivity index (χ0v) is 12.1. The standard InChI is InChI=1S/C6H5BF4NO2S.K/c8-5-1-4(7(9,10)11)2-6(3-5)15(12,13)14;/h1-3H,(H2,12,13,14);/q-1;+1. The molecule has 0 amide bonds. The quantitative estimate of drug-likeness (QED) is 0.482. The van der Waals surface area contributed by atoms with Gasteiger partial charge in [0, 0.05) is 0 Å². The third-order valence-electron chi connectivity index (χ3n) is 1.60. The number of rotatable bonds is 2. The Labute approximate surface area is 132 Å². The molecule has 0 radical (unpaired) electrons. The van der Waals surface area contributed by atoms with Gasteiger partial charge in [-0.15, -0.1) is 5.46 Å². The van der Waals surface area contributed by atoms with Crippen LogP contribution in [0.25, 0.3) is 0 Å². The second-order valence-electron chi connectivity index (χ2n) is 2.84. The van der Waals surface area contributed by atoms with Crippen molar-refractivity contribution in [3.8, 4) is 0 Å². The van der Waals surface area contributed by atoms with Gasteiger partial charge in [-0.3, -0.25) is 0 Å². The number of halogens is 4. The summed E-state index contributed by atoms with van der Waals surface area (Å²) in [6, 6.07) is 0.952. The topological polar surface area (TPSA) is 60.2 Å². The normalized spacial score (nSPS) is 12.1. The van der Waals surface area contributed by atoms with Crippen LogP contribution >= 0.6 is 0 Å². The molecule has 0 aliphatic carbocycles. The average molecular weight is 281 g/mol. The van der Waals surface area contributed by atoms with E-state index in [9.17, 15) is 25.8 Å². The van der Waals surface area contributed by atoms with E-state index in [1.54, 1.807) is 0 Å². The van der Waals surface area contributed by atoms with Crippen molar-refractivity contribution in [3.05, 3.63) is 24.0 Å². The van der Waals surface area contributed by atoms with E-state index in [-0.39, 0.29) is 57.5 Å². The summed E-state index contributed by atoms with van der Waals surface area (Å²) in [7, 11) is -4.34. The van der Waals surface area contributed by atoms with Crippen LogP contribution in [0.3, 0.4) is 0 Å². The van der Waals surface area contributed by atoms with Crippen molar-refractivity contribution in [2.24, 2.45) is 5.14 Å². The monoisotopic (exact) mass is 281 g/mol. The summed E-state index contributed by atoms with van der Waals surface area (Å²) in [5.74, 6) is -1.30. The maximum atomic E-state index is 12.7. The van der Waals surface area contributed by atoms with Crippen LogP contribution < -0.4 is 62.0 Å². The minimum Gasteiger partial charge on any atom is -0.445 e. The molecule has 0 saturated carbocycles. The summed E-state index contributed by atoms with van der Waals surface area (Å²) < 4.78 is 70.7. The molecule has 0 spiro atoms. The van der Waals surface area contributed by atoms with Crippen molar-refractivity contribution >= 4 is 22.5 Å². The maximum Gasteiger partial charge on any atom is 1.00 e. The minimum atomic E-state index is -5.46. The molecular weight excluding hydrogens is 276 g/mol. The van der Waals surface area contributed by atoms with Crippen molar-refractivity contribution in [3.63, 3.8) is 0 Å². The summed E-state index contributed by atoms with van der Waals surface area (Å²) in [5, 5.41) is 4.58. The van der Waals surface area contributed by atoms with Crippen LogP contribution in [0.1, 0.15) is 0 Å². The number of hydrogen-bond acceptors (Lipinski definition) is 2. The Morgan fingerprint density at radius 3 is 2.00 bits per heavy atom. The molecule has 1 aromatic rings. The van der Waals surface area contributed by atoms with E-state index in [1.165, 1.54) is 0 Å². The van der Waals surface area contributed by atoms with Crippen molar-refractivity contribution in [1.29, 1.82) is 0 Å². The van der Waals surface area contributed by atoms with Gasteiger partial charge in [-0.05, 0) is 6.07 Å². The van der Waals surface area contributed by atoms with E-state index in [0.717, 1.165) is 0 Å². The molecule has 0 heterocycles. The number of benzene rings is 1. The SMILES string of the molecule is NS(=O)(=O)c1cc(F)cc([B-](F)(F)F)c1.[K+]. The van der Waals surface area contributed by atoms with Crippen LogP contribution in [0.4, 0.5) is 17.3 Å². The molecular formula is C6H5BF4KNO2S. The van der Waals surface area contributed by atoms with Gasteiger partial charge in [0.15, 0.2) is 0 Å². The molecule has 2 N–H and O–H groups in total. The molecule has 16 heavy (non-hydrogen) atoms. The number of nitrogens with two attached hydrogens (primary N) is 1. The van der Waals surface area contributed by atoms with E-state index >= 15 is 0 Å². The second kappa shape index (κ2) is 5.46. The Kier molecular flexibility index (Phi) is 5.65. The summed E-state index contributed by atoms with van der Waals surface area (Å²) in [4.78, 5) is -0.892. The van der Waals surface area contributed by atoms with E-state index in [1.807, 2.05) is 0 Å². The molecule has 0 aliphatic heterocycles. The Morgan fingerprint density at radius 1 is 1.12 bits per heavy atom. The first kappa shape index (κ1) is 16.6. The molecule has 0 unspecified atom stereocenters. The zero-order valence-electron chi connectivity index (χ0n) is 8.12. The fraction of sp³-hybridized carbons (Fsp3) is 0. The van der Waals surface area contributed by atoms with Gasteiger partial charge in [-0.2, -0.15) is 0 Å². The largest absolute Gasteiger partial charge is 1.00 e. The van der Waals surface area contributed by atoms with E-state index in [4.69, 9.17) is 0 Å². The minimum absolute atomic E-state index is 0. The third kappa shape index (κ3) is 4.43. The first-order valence-corrected chi connectivity index (χ1v) is 5.18. The molecule has 10 heteroatoms. The van der Waals surface area contributed by atoms with Gasteiger partial charge in [-0.25, -0.2) is 17.9 Å². The molecule has 0 aromatic heterocycles.